The maximum absolute atomic E-state index is 12.7. The first-order valence-corrected chi connectivity index (χ1v) is 11.1. The van der Waals surface area contributed by atoms with Crippen molar-refractivity contribution in [3.05, 3.63) is 35.9 Å². The predicted molar refractivity (Wildman–Crippen MR) is 111 cm³/mol. The first kappa shape index (κ1) is 23.1. The summed E-state index contributed by atoms with van der Waals surface area (Å²) in [5.74, 6) is -0.0536. The molecule has 2 heterocycles. The number of nitrogens with zero attached hydrogens (tertiary/aromatic N) is 1. The first-order chi connectivity index (χ1) is 13.0. The minimum atomic E-state index is -3.34. The van der Waals surface area contributed by atoms with Crippen LogP contribution < -0.4 is 10.6 Å². The second-order valence-electron chi connectivity index (χ2n) is 7.34. The molecule has 2 aliphatic heterocycles. The van der Waals surface area contributed by atoms with Gasteiger partial charge in [-0.25, -0.2) is 12.7 Å². The number of nitrogens with one attached hydrogen (secondary N) is 2. The Balaban J connectivity index is 0.00000280. The lowest BCUT2D eigenvalue weighted by molar-refractivity contribution is -0.147. The summed E-state index contributed by atoms with van der Waals surface area (Å²) in [7, 11) is -1.75. The molecule has 1 aromatic rings. The van der Waals surface area contributed by atoms with Gasteiger partial charge >= 0.3 is 0 Å². The summed E-state index contributed by atoms with van der Waals surface area (Å²) in [5.41, 5.74) is 0.0303. The van der Waals surface area contributed by atoms with Crippen LogP contribution in [0.25, 0.3) is 0 Å². The lowest BCUT2D eigenvalue weighted by Crippen LogP contribution is -2.57. The zero-order valence-electron chi connectivity index (χ0n) is 16.2. The molecule has 0 atom stereocenters. The average molecular weight is 432 g/mol. The van der Waals surface area contributed by atoms with Gasteiger partial charge in [-0.3, -0.25) is 4.79 Å². The van der Waals surface area contributed by atoms with Crippen molar-refractivity contribution in [1.29, 1.82) is 0 Å². The van der Waals surface area contributed by atoms with E-state index in [4.69, 9.17) is 4.74 Å². The van der Waals surface area contributed by atoms with Gasteiger partial charge in [-0.2, -0.15) is 0 Å². The molecule has 2 N–H and O–H groups in total. The molecule has 7 nitrogen and oxygen atoms in total. The quantitative estimate of drug-likeness (QED) is 0.708. The molecular formula is C19H30ClN3O4S. The van der Waals surface area contributed by atoms with E-state index in [0.717, 1.165) is 18.7 Å². The Morgan fingerprint density at radius 3 is 2.39 bits per heavy atom. The van der Waals surface area contributed by atoms with Gasteiger partial charge in [-0.1, -0.05) is 30.3 Å². The Kier molecular flexibility index (Phi) is 8.27. The molecule has 28 heavy (non-hydrogen) atoms. The molecule has 2 aliphatic rings. The molecule has 0 unspecified atom stereocenters. The fourth-order valence-corrected chi connectivity index (χ4v) is 5.39. The maximum atomic E-state index is 12.7. The zero-order chi connectivity index (χ0) is 19.3. The second kappa shape index (κ2) is 10.0. The minimum absolute atomic E-state index is 0. The number of piperidine rings is 2. The van der Waals surface area contributed by atoms with Gasteiger partial charge in [-0.05, 0) is 44.3 Å². The molecule has 2 fully saturated rings. The molecule has 0 saturated carbocycles. The van der Waals surface area contributed by atoms with Crippen LogP contribution >= 0.6 is 12.4 Å². The second-order valence-corrected chi connectivity index (χ2v) is 9.31. The van der Waals surface area contributed by atoms with Gasteiger partial charge in [0.25, 0.3) is 5.91 Å². The Bertz CT molecular complexity index is 731. The molecule has 2 saturated heterocycles. The van der Waals surface area contributed by atoms with Gasteiger partial charge in [0.05, 0.1) is 5.75 Å². The van der Waals surface area contributed by atoms with Gasteiger partial charge in [0.2, 0.25) is 10.0 Å². The number of carbonyl (C=O) groups is 1. The van der Waals surface area contributed by atoms with Gasteiger partial charge < -0.3 is 15.4 Å². The third-order valence-electron chi connectivity index (χ3n) is 5.59. The summed E-state index contributed by atoms with van der Waals surface area (Å²) in [5, 5.41) is 6.33. The molecule has 0 bridgehead atoms. The lowest BCUT2D eigenvalue weighted by atomic mass is 9.90. The third-order valence-corrected chi connectivity index (χ3v) is 7.44. The van der Waals surface area contributed by atoms with Crippen LogP contribution in [0.4, 0.5) is 0 Å². The van der Waals surface area contributed by atoms with E-state index in [-0.39, 0.29) is 30.1 Å². The van der Waals surface area contributed by atoms with Crippen molar-refractivity contribution >= 4 is 28.3 Å². The van der Waals surface area contributed by atoms with E-state index in [0.29, 0.717) is 38.8 Å². The molecule has 9 heteroatoms. The Hall–Kier alpha value is -1.19. The van der Waals surface area contributed by atoms with Gasteiger partial charge in [-0.15, -0.1) is 12.4 Å². The standard InChI is InChI=1S/C19H29N3O4S.ClH/c1-26-19(9-11-20-12-10-19)18(23)21-17-7-13-22(14-8-17)27(24,25)15-16-5-3-2-4-6-16;/h2-6,17,20H,7-15H2,1H3,(H,21,23);1H. The number of amides is 1. The summed E-state index contributed by atoms with van der Waals surface area (Å²) in [6, 6.07) is 9.21. The first-order valence-electron chi connectivity index (χ1n) is 9.54. The van der Waals surface area contributed by atoms with Gasteiger partial charge in [0.15, 0.2) is 0 Å². The van der Waals surface area contributed by atoms with E-state index in [1.807, 2.05) is 30.3 Å². The van der Waals surface area contributed by atoms with Crippen molar-refractivity contribution in [1.82, 2.24) is 14.9 Å². The van der Waals surface area contributed by atoms with Crippen LogP contribution in [0.3, 0.4) is 0 Å². The molecule has 0 radical (unpaired) electrons. The van der Waals surface area contributed by atoms with E-state index < -0.39 is 15.6 Å². The highest BCUT2D eigenvalue weighted by Crippen LogP contribution is 2.24. The number of hydrogen-bond donors (Lipinski definition) is 2. The number of carbonyl (C=O) groups excluding carboxylic acids is 1. The third kappa shape index (κ3) is 5.45. The van der Waals surface area contributed by atoms with E-state index in [1.165, 1.54) is 0 Å². The van der Waals surface area contributed by atoms with Crippen LogP contribution in [0.2, 0.25) is 0 Å². The zero-order valence-corrected chi connectivity index (χ0v) is 17.9. The number of ether oxygens (including phenoxy) is 1. The van der Waals surface area contributed by atoms with Crippen LogP contribution in [-0.2, 0) is 25.3 Å². The number of methoxy groups -OCH3 is 1. The summed E-state index contributed by atoms with van der Waals surface area (Å²) in [6.07, 6.45) is 2.55. The summed E-state index contributed by atoms with van der Waals surface area (Å²) in [4.78, 5) is 12.7. The molecule has 0 aromatic heterocycles. The highest BCUT2D eigenvalue weighted by Gasteiger charge is 2.41. The Morgan fingerprint density at radius 2 is 1.82 bits per heavy atom. The number of rotatable bonds is 6. The maximum Gasteiger partial charge on any atom is 0.252 e. The summed E-state index contributed by atoms with van der Waals surface area (Å²) >= 11 is 0. The highest BCUT2D eigenvalue weighted by molar-refractivity contribution is 7.88. The number of hydrogen-bond acceptors (Lipinski definition) is 5. The van der Waals surface area contributed by atoms with Gasteiger partial charge in [0.1, 0.15) is 5.60 Å². The monoisotopic (exact) mass is 431 g/mol. The van der Waals surface area contributed by atoms with Crippen molar-refractivity contribution in [3.8, 4) is 0 Å². The van der Waals surface area contributed by atoms with Crippen LogP contribution in [0.15, 0.2) is 30.3 Å². The largest absolute Gasteiger partial charge is 0.368 e. The smallest absolute Gasteiger partial charge is 0.252 e. The van der Waals surface area contributed by atoms with Gasteiger partial charge in [0, 0.05) is 26.2 Å². The molecule has 158 valence electrons. The topological polar surface area (TPSA) is 87.7 Å². The SMILES string of the molecule is COC1(C(=O)NC2CCN(S(=O)(=O)Cc3ccccc3)CC2)CCNCC1.Cl. The number of benzene rings is 1. The van der Waals surface area contributed by atoms with Crippen molar-refractivity contribution in [2.45, 2.75) is 43.1 Å². The fraction of sp³-hybridized carbons (Fsp3) is 0.632. The minimum Gasteiger partial charge on any atom is -0.368 e. The van der Waals surface area contributed by atoms with E-state index in [1.54, 1.807) is 11.4 Å². The fourth-order valence-electron chi connectivity index (χ4n) is 3.83. The van der Waals surface area contributed by atoms with E-state index >= 15 is 0 Å². The van der Waals surface area contributed by atoms with Crippen molar-refractivity contribution in [3.63, 3.8) is 0 Å². The normalized spacial score (nSPS) is 20.9. The van der Waals surface area contributed by atoms with Crippen molar-refractivity contribution in [2.24, 2.45) is 0 Å². The molecule has 0 aliphatic carbocycles. The molecule has 1 aromatic carbocycles. The molecular weight excluding hydrogens is 402 g/mol. The van der Waals surface area contributed by atoms with E-state index in [2.05, 4.69) is 10.6 Å². The number of sulfonamides is 1. The molecule has 3 rings (SSSR count). The predicted octanol–water partition coefficient (Wildman–Crippen LogP) is 1.29. The Morgan fingerprint density at radius 1 is 1.21 bits per heavy atom. The molecule has 1 amide bonds. The van der Waals surface area contributed by atoms with Crippen LogP contribution in [0, 0.1) is 0 Å². The van der Waals surface area contributed by atoms with Crippen LogP contribution in [-0.4, -0.2) is 63.6 Å². The molecule has 0 spiro atoms. The van der Waals surface area contributed by atoms with Crippen molar-refractivity contribution in [2.75, 3.05) is 33.3 Å². The van der Waals surface area contributed by atoms with Crippen LogP contribution in [0.5, 0.6) is 0 Å². The van der Waals surface area contributed by atoms with Crippen molar-refractivity contribution < 1.29 is 17.9 Å². The average Bonchev–Trinajstić information content (AvgIpc) is 2.69. The number of halogens is 1. The highest BCUT2D eigenvalue weighted by atomic mass is 35.5. The Labute approximate surface area is 173 Å². The summed E-state index contributed by atoms with van der Waals surface area (Å²) < 4.78 is 32.4. The summed E-state index contributed by atoms with van der Waals surface area (Å²) in [6.45, 7) is 2.39. The van der Waals surface area contributed by atoms with E-state index in [9.17, 15) is 13.2 Å². The lowest BCUT2D eigenvalue weighted by Gasteiger charge is -2.38. The van der Waals surface area contributed by atoms with Crippen LogP contribution in [0.1, 0.15) is 31.2 Å².